The highest BCUT2D eigenvalue weighted by Crippen LogP contribution is 2.44. The normalized spacial score (nSPS) is 39.6. The Balaban J connectivity index is 1.29. The topological polar surface area (TPSA) is 39.1 Å². The first-order chi connectivity index (χ1) is 18.5. The number of nitrogens with zero attached hydrogens (tertiary/aromatic N) is 2. The van der Waals surface area contributed by atoms with Crippen molar-refractivity contribution < 1.29 is 0 Å². The van der Waals surface area contributed by atoms with Gasteiger partial charge in [-0.3, -0.25) is 4.90 Å². The lowest BCUT2D eigenvalue weighted by atomic mass is 9.78. The third-order valence-electron chi connectivity index (χ3n) is 9.12. The van der Waals surface area contributed by atoms with Crippen LogP contribution in [0, 0.1) is 22.7 Å². The third-order valence-corrected chi connectivity index (χ3v) is 10.6. The zero-order valence-electron chi connectivity index (χ0n) is 22.5. The highest BCUT2D eigenvalue weighted by Gasteiger charge is 2.45. The van der Waals surface area contributed by atoms with Crippen LogP contribution in [0.2, 0.25) is 0 Å². The summed E-state index contributed by atoms with van der Waals surface area (Å²) in [5, 5.41) is 14.3. The van der Waals surface area contributed by atoms with Crippen LogP contribution in [0.4, 0.5) is 0 Å². The van der Waals surface area contributed by atoms with E-state index in [1.54, 1.807) is 0 Å². The smallest absolute Gasteiger partial charge is 0.0778 e. The minimum absolute atomic E-state index is 0.102. The second kappa shape index (κ2) is 10.3. The first kappa shape index (κ1) is 25.3. The molecule has 6 rings (SSSR count). The van der Waals surface area contributed by atoms with Crippen molar-refractivity contribution in [3.8, 4) is 6.07 Å². The first-order valence-electron chi connectivity index (χ1n) is 14.0. The molecule has 0 aromatic carbocycles. The van der Waals surface area contributed by atoms with Crippen LogP contribution in [0.25, 0.3) is 0 Å². The Kier molecular flexibility index (Phi) is 6.84. The van der Waals surface area contributed by atoms with E-state index < -0.39 is 0 Å². The Morgan fingerprint density at radius 2 is 1.61 bits per heavy atom. The van der Waals surface area contributed by atoms with E-state index in [-0.39, 0.29) is 11.5 Å². The molecule has 0 aromatic rings. The average molecular weight is 520 g/mol. The van der Waals surface area contributed by atoms with E-state index >= 15 is 0 Å². The molecule has 0 radical (unpaired) electrons. The monoisotopic (exact) mass is 519 g/mol. The van der Waals surface area contributed by atoms with Crippen molar-refractivity contribution in [1.82, 2.24) is 10.2 Å². The average Bonchev–Trinajstić information content (AvgIpc) is 3.20. The first-order valence-corrected chi connectivity index (χ1v) is 14.9. The molecule has 6 aliphatic rings. The Morgan fingerprint density at radius 3 is 2.29 bits per heavy atom. The molecule has 0 saturated carbocycles. The number of rotatable bonds is 3. The Morgan fingerprint density at radius 1 is 0.921 bits per heavy atom. The fourth-order valence-electron chi connectivity index (χ4n) is 6.57. The molecule has 2 heterocycles. The molecule has 0 bridgehead atoms. The van der Waals surface area contributed by atoms with Crippen LogP contribution >= 0.6 is 11.8 Å². The van der Waals surface area contributed by atoms with Gasteiger partial charge in [-0.1, -0.05) is 98.1 Å². The summed E-state index contributed by atoms with van der Waals surface area (Å²) in [4.78, 5) is 2.78. The summed E-state index contributed by atoms with van der Waals surface area (Å²) in [5.74, 6) is 0.371. The number of thioether (sulfide) groups is 1. The highest BCUT2D eigenvalue weighted by molar-refractivity contribution is 8.01. The van der Waals surface area contributed by atoms with E-state index in [1.165, 1.54) is 16.7 Å². The lowest BCUT2D eigenvalue weighted by Gasteiger charge is -2.52. The van der Waals surface area contributed by atoms with Gasteiger partial charge in [0.05, 0.1) is 11.5 Å². The maximum absolute atomic E-state index is 9.69. The number of hydrogen-bond acceptors (Lipinski definition) is 4. The zero-order valence-corrected chi connectivity index (χ0v) is 23.3. The van der Waals surface area contributed by atoms with Gasteiger partial charge in [0.15, 0.2) is 0 Å². The maximum atomic E-state index is 9.69. The summed E-state index contributed by atoms with van der Waals surface area (Å²) in [6, 6.07) is 3.73. The number of hydrogen-bond donors (Lipinski definition) is 1. The maximum Gasteiger partial charge on any atom is 0.0778 e. The summed E-state index contributed by atoms with van der Waals surface area (Å²) < 4.78 is 0. The van der Waals surface area contributed by atoms with Gasteiger partial charge < -0.3 is 5.32 Å². The van der Waals surface area contributed by atoms with Gasteiger partial charge in [-0.15, -0.1) is 11.8 Å². The molecule has 3 nitrogen and oxygen atoms in total. The van der Waals surface area contributed by atoms with Crippen molar-refractivity contribution in [2.45, 2.75) is 68.3 Å². The predicted molar refractivity (Wildman–Crippen MR) is 160 cm³/mol. The van der Waals surface area contributed by atoms with Gasteiger partial charge in [-0.2, -0.15) is 5.26 Å². The molecule has 4 aliphatic carbocycles. The van der Waals surface area contributed by atoms with Gasteiger partial charge >= 0.3 is 0 Å². The molecule has 2 aliphatic heterocycles. The summed E-state index contributed by atoms with van der Waals surface area (Å²) in [6.45, 7) is 6.58. The minimum atomic E-state index is -0.371. The van der Waals surface area contributed by atoms with Crippen molar-refractivity contribution in [3.05, 3.63) is 120 Å². The Bertz CT molecular complexity index is 1290. The lowest BCUT2D eigenvalue weighted by Crippen LogP contribution is -2.60. The van der Waals surface area contributed by atoms with Gasteiger partial charge in [0.2, 0.25) is 0 Å². The van der Waals surface area contributed by atoms with Crippen LogP contribution < -0.4 is 5.32 Å². The van der Waals surface area contributed by atoms with Gasteiger partial charge in [0.25, 0.3) is 0 Å². The van der Waals surface area contributed by atoms with Crippen molar-refractivity contribution in [2.24, 2.45) is 11.3 Å². The number of fused-ring (bicyclic) bond motifs is 2. The van der Waals surface area contributed by atoms with E-state index in [9.17, 15) is 5.26 Å². The summed E-state index contributed by atoms with van der Waals surface area (Å²) >= 11 is 2.10. The molecular weight excluding hydrogens is 482 g/mol. The lowest BCUT2D eigenvalue weighted by molar-refractivity contribution is 0.123. The quantitative estimate of drug-likeness (QED) is 0.442. The van der Waals surface area contributed by atoms with Crippen LogP contribution in [0.15, 0.2) is 120 Å². The van der Waals surface area contributed by atoms with Gasteiger partial charge in [-0.05, 0) is 49.5 Å². The van der Waals surface area contributed by atoms with Crippen LogP contribution in [0.5, 0.6) is 0 Å². The molecule has 0 aromatic heterocycles. The number of nitrogens with one attached hydrogen (secondary N) is 1. The Labute approximate surface area is 232 Å². The SMILES string of the molecule is CC1C(C2=CC(C3=CCC(C)(C#N)C(C)N3)=CC=CC2)=CC=CC1N1C2C=CC=CC2SC2C=CC=CC21. The predicted octanol–water partition coefficient (Wildman–Crippen LogP) is 6.87. The van der Waals surface area contributed by atoms with Crippen LogP contribution in [0.1, 0.15) is 33.6 Å². The second-order valence-electron chi connectivity index (χ2n) is 11.5. The van der Waals surface area contributed by atoms with Crippen LogP contribution in [0.3, 0.4) is 0 Å². The van der Waals surface area contributed by atoms with Crippen LogP contribution in [-0.2, 0) is 0 Å². The Hall–Kier alpha value is -3.00. The van der Waals surface area contributed by atoms with E-state index in [4.69, 9.17) is 0 Å². The zero-order chi connectivity index (χ0) is 26.3. The van der Waals surface area contributed by atoms with Gasteiger partial charge in [0, 0.05) is 46.3 Å². The van der Waals surface area contributed by atoms with Crippen molar-refractivity contribution in [2.75, 3.05) is 0 Å². The van der Waals surface area contributed by atoms with Crippen molar-refractivity contribution >= 4 is 11.8 Å². The van der Waals surface area contributed by atoms with Gasteiger partial charge in [0.1, 0.15) is 0 Å². The molecule has 38 heavy (non-hydrogen) atoms. The molecule has 194 valence electrons. The summed E-state index contributed by atoms with van der Waals surface area (Å²) in [6.07, 6.45) is 38.5. The van der Waals surface area contributed by atoms with Crippen molar-refractivity contribution in [3.63, 3.8) is 0 Å². The third kappa shape index (κ3) is 4.46. The molecule has 8 unspecified atom stereocenters. The van der Waals surface area contributed by atoms with E-state index in [0.717, 1.165) is 18.5 Å². The molecule has 4 heteroatoms. The molecule has 8 atom stereocenters. The fourth-order valence-corrected chi connectivity index (χ4v) is 8.08. The minimum Gasteiger partial charge on any atom is -0.381 e. The fraction of sp³-hybridized carbons (Fsp3) is 0.382. The number of nitriles is 1. The second-order valence-corrected chi connectivity index (χ2v) is 12.8. The standard InChI is InChI=1S/C34H37N3S/c1-23-27(25-11-4-5-12-26(21-25)28-19-20-34(3,22-35)24(2)36-28)13-10-16-29(23)37-30-14-6-8-17-32(30)38-33-18-9-7-15-31(33)37/h4-10,12-19,21,23-24,29-33,36H,11,20H2,1-3H3. The molecule has 1 fully saturated rings. The summed E-state index contributed by atoms with van der Waals surface area (Å²) in [7, 11) is 0. The van der Waals surface area contributed by atoms with E-state index in [1.807, 2.05) is 6.92 Å². The molecule has 1 saturated heterocycles. The van der Waals surface area contributed by atoms with E-state index in [0.29, 0.717) is 34.5 Å². The van der Waals surface area contributed by atoms with E-state index in [2.05, 4.69) is 139 Å². The molecule has 0 amide bonds. The molecule has 1 N–H and O–H groups in total. The summed E-state index contributed by atoms with van der Waals surface area (Å²) in [5.41, 5.74) is 4.79. The highest BCUT2D eigenvalue weighted by atomic mass is 32.2. The van der Waals surface area contributed by atoms with Crippen LogP contribution in [-0.4, -0.2) is 39.6 Å². The largest absolute Gasteiger partial charge is 0.381 e. The number of allylic oxidation sites excluding steroid dienone is 12. The van der Waals surface area contributed by atoms with Crippen molar-refractivity contribution in [1.29, 1.82) is 5.26 Å². The molecular formula is C34H37N3S. The van der Waals surface area contributed by atoms with Gasteiger partial charge in [-0.25, -0.2) is 0 Å². The molecule has 0 spiro atoms.